The number of benzene rings is 2. The largest absolute Gasteiger partial charge is 0.494 e. The molecule has 0 aliphatic carbocycles. The van der Waals surface area contributed by atoms with Gasteiger partial charge in [-0.3, -0.25) is 0 Å². The fourth-order valence-corrected chi connectivity index (χ4v) is 2.63. The third kappa shape index (κ3) is 3.78. The Hall–Kier alpha value is -0.900. The highest BCUT2D eigenvalue weighted by atomic mass is 79.9. The predicted molar refractivity (Wildman–Crippen MR) is 84.5 cm³/mol. The number of halogens is 3. The fourth-order valence-electron chi connectivity index (χ4n) is 1.68. The van der Waals surface area contributed by atoms with E-state index in [0.717, 1.165) is 15.7 Å². The molecule has 100 valence electrons. The van der Waals surface area contributed by atoms with Gasteiger partial charge in [0.2, 0.25) is 0 Å². The predicted octanol–water partition coefficient (Wildman–Crippen LogP) is 5.38. The van der Waals surface area contributed by atoms with Crippen LogP contribution in [0.15, 0.2) is 40.9 Å². The maximum Gasteiger partial charge on any atom is 0.156 e. The van der Waals surface area contributed by atoms with Crippen molar-refractivity contribution < 1.29 is 4.74 Å². The molecule has 0 fully saturated rings. The lowest BCUT2D eigenvalue weighted by Gasteiger charge is -2.10. The number of hydrogen-bond acceptors (Lipinski definition) is 2. The van der Waals surface area contributed by atoms with Crippen molar-refractivity contribution in [3.05, 3.63) is 56.5 Å². The molecule has 0 atom stereocenters. The maximum absolute atomic E-state index is 6.09. The van der Waals surface area contributed by atoms with E-state index in [4.69, 9.17) is 27.9 Å². The van der Waals surface area contributed by atoms with Crippen molar-refractivity contribution in [2.75, 3.05) is 12.4 Å². The lowest BCUT2D eigenvalue weighted by atomic mass is 10.2. The zero-order chi connectivity index (χ0) is 13.8. The summed E-state index contributed by atoms with van der Waals surface area (Å²) < 4.78 is 6.17. The van der Waals surface area contributed by atoms with Crippen LogP contribution < -0.4 is 10.1 Å². The molecule has 19 heavy (non-hydrogen) atoms. The molecule has 0 heterocycles. The second-order valence-corrected chi connectivity index (χ2v) is 5.68. The topological polar surface area (TPSA) is 21.3 Å². The van der Waals surface area contributed by atoms with Crippen LogP contribution in [0.25, 0.3) is 0 Å². The SMILES string of the molecule is COc1c(Cl)cc(CNc2ccc(Br)cc2)cc1Cl. The van der Waals surface area contributed by atoms with Crippen LogP contribution in [-0.2, 0) is 6.54 Å². The van der Waals surface area contributed by atoms with Crippen molar-refractivity contribution in [2.24, 2.45) is 0 Å². The van der Waals surface area contributed by atoms with Gasteiger partial charge in [0.25, 0.3) is 0 Å². The average Bonchev–Trinajstić information content (AvgIpc) is 2.38. The van der Waals surface area contributed by atoms with E-state index in [1.165, 1.54) is 0 Å². The molecule has 0 aliphatic heterocycles. The monoisotopic (exact) mass is 359 g/mol. The third-order valence-corrected chi connectivity index (χ3v) is 3.69. The van der Waals surface area contributed by atoms with Crippen molar-refractivity contribution in [1.29, 1.82) is 0 Å². The quantitative estimate of drug-likeness (QED) is 0.790. The second kappa shape index (κ2) is 6.51. The normalized spacial score (nSPS) is 10.3. The van der Waals surface area contributed by atoms with Crippen LogP contribution >= 0.6 is 39.1 Å². The van der Waals surface area contributed by atoms with E-state index in [2.05, 4.69) is 21.2 Å². The van der Waals surface area contributed by atoms with E-state index in [0.29, 0.717) is 22.3 Å². The summed E-state index contributed by atoms with van der Waals surface area (Å²) in [5, 5.41) is 4.33. The van der Waals surface area contributed by atoms with Crippen molar-refractivity contribution >= 4 is 44.8 Å². The molecule has 0 amide bonds. The van der Waals surface area contributed by atoms with Gasteiger partial charge in [0.05, 0.1) is 17.2 Å². The maximum atomic E-state index is 6.09. The third-order valence-electron chi connectivity index (χ3n) is 2.60. The fraction of sp³-hybridized carbons (Fsp3) is 0.143. The first-order valence-electron chi connectivity index (χ1n) is 5.61. The lowest BCUT2D eigenvalue weighted by Crippen LogP contribution is -2.00. The molecule has 0 saturated heterocycles. The Balaban J connectivity index is 2.09. The highest BCUT2D eigenvalue weighted by molar-refractivity contribution is 9.10. The number of rotatable bonds is 4. The standard InChI is InChI=1S/C14H12BrCl2NO/c1-19-14-12(16)6-9(7-13(14)17)8-18-11-4-2-10(15)3-5-11/h2-7,18H,8H2,1H3. The van der Waals surface area contributed by atoms with E-state index >= 15 is 0 Å². The van der Waals surface area contributed by atoms with Gasteiger partial charge < -0.3 is 10.1 Å². The molecular weight excluding hydrogens is 349 g/mol. The molecule has 0 unspecified atom stereocenters. The summed E-state index contributed by atoms with van der Waals surface area (Å²) in [6, 6.07) is 11.6. The van der Waals surface area contributed by atoms with Crippen molar-refractivity contribution in [1.82, 2.24) is 0 Å². The molecule has 0 radical (unpaired) electrons. The molecule has 0 aromatic heterocycles. The Morgan fingerprint density at radius 1 is 1.11 bits per heavy atom. The molecule has 2 rings (SSSR count). The summed E-state index contributed by atoms with van der Waals surface area (Å²) >= 11 is 15.6. The first kappa shape index (κ1) is 14.5. The van der Waals surface area contributed by atoms with Gasteiger partial charge in [0, 0.05) is 16.7 Å². The minimum atomic E-state index is 0.510. The number of anilines is 1. The van der Waals surface area contributed by atoms with Crippen LogP contribution in [0.1, 0.15) is 5.56 Å². The minimum Gasteiger partial charge on any atom is -0.494 e. The highest BCUT2D eigenvalue weighted by Gasteiger charge is 2.08. The van der Waals surface area contributed by atoms with Gasteiger partial charge in [-0.2, -0.15) is 0 Å². The summed E-state index contributed by atoms with van der Waals surface area (Å²) in [5.41, 5.74) is 2.03. The van der Waals surface area contributed by atoms with Crippen LogP contribution in [0.5, 0.6) is 5.75 Å². The molecule has 0 aliphatic rings. The first-order chi connectivity index (χ1) is 9.10. The summed E-state index contributed by atoms with van der Waals surface area (Å²) in [6.07, 6.45) is 0. The summed E-state index contributed by atoms with van der Waals surface area (Å²) in [6.45, 7) is 0.644. The zero-order valence-electron chi connectivity index (χ0n) is 10.2. The van der Waals surface area contributed by atoms with E-state index in [9.17, 15) is 0 Å². The minimum absolute atomic E-state index is 0.510. The van der Waals surface area contributed by atoms with Crippen molar-refractivity contribution in [2.45, 2.75) is 6.54 Å². The molecular formula is C14H12BrCl2NO. The molecule has 2 aromatic rings. The number of hydrogen-bond donors (Lipinski definition) is 1. The van der Waals surface area contributed by atoms with Gasteiger partial charge in [0.1, 0.15) is 0 Å². The van der Waals surface area contributed by atoms with E-state index in [1.807, 2.05) is 36.4 Å². The molecule has 1 N–H and O–H groups in total. The molecule has 2 aromatic carbocycles. The summed E-state index contributed by atoms with van der Waals surface area (Å²) in [5.74, 6) is 0.510. The molecule has 0 spiro atoms. The number of nitrogens with one attached hydrogen (secondary N) is 1. The van der Waals surface area contributed by atoms with Gasteiger partial charge in [0.15, 0.2) is 5.75 Å². The molecule has 0 bridgehead atoms. The van der Waals surface area contributed by atoms with E-state index in [1.54, 1.807) is 7.11 Å². The zero-order valence-corrected chi connectivity index (χ0v) is 13.3. The van der Waals surface area contributed by atoms with Crippen molar-refractivity contribution in [3.63, 3.8) is 0 Å². The van der Waals surface area contributed by atoms with Crippen LogP contribution in [-0.4, -0.2) is 7.11 Å². The average molecular weight is 361 g/mol. The van der Waals surface area contributed by atoms with Crippen LogP contribution in [0.2, 0.25) is 10.0 Å². The Morgan fingerprint density at radius 2 is 1.68 bits per heavy atom. The Bertz CT molecular complexity index is 549. The van der Waals surface area contributed by atoms with Crippen molar-refractivity contribution in [3.8, 4) is 5.75 Å². The van der Waals surface area contributed by atoms with Gasteiger partial charge in [-0.05, 0) is 42.0 Å². The molecule has 0 saturated carbocycles. The van der Waals surface area contributed by atoms with Crippen LogP contribution in [0, 0.1) is 0 Å². The summed E-state index contributed by atoms with van der Waals surface area (Å²) in [4.78, 5) is 0. The van der Waals surface area contributed by atoms with Crippen LogP contribution in [0.3, 0.4) is 0 Å². The molecule has 2 nitrogen and oxygen atoms in total. The van der Waals surface area contributed by atoms with E-state index < -0.39 is 0 Å². The second-order valence-electron chi connectivity index (χ2n) is 3.95. The van der Waals surface area contributed by atoms with Gasteiger partial charge in [-0.1, -0.05) is 39.1 Å². The van der Waals surface area contributed by atoms with Crippen LogP contribution in [0.4, 0.5) is 5.69 Å². The Morgan fingerprint density at radius 3 is 2.21 bits per heavy atom. The first-order valence-corrected chi connectivity index (χ1v) is 7.16. The Kier molecular flexibility index (Phi) is 4.97. The number of methoxy groups -OCH3 is 1. The van der Waals surface area contributed by atoms with E-state index in [-0.39, 0.29) is 0 Å². The summed E-state index contributed by atoms with van der Waals surface area (Å²) in [7, 11) is 1.55. The van der Waals surface area contributed by atoms with Gasteiger partial charge in [-0.25, -0.2) is 0 Å². The van der Waals surface area contributed by atoms with Gasteiger partial charge in [-0.15, -0.1) is 0 Å². The van der Waals surface area contributed by atoms with Gasteiger partial charge >= 0.3 is 0 Å². The molecule has 5 heteroatoms. The smallest absolute Gasteiger partial charge is 0.156 e. The lowest BCUT2D eigenvalue weighted by molar-refractivity contribution is 0.415. The Labute approximate surface area is 130 Å². The highest BCUT2D eigenvalue weighted by Crippen LogP contribution is 2.34. The number of ether oxygens (including phenoxy) is 1.